The van der Waals surface area contributed by atoms with E-state index in [0.29, 0.717) is 12.0 Å². The molecule has 1 heterocycles. The third kappa shape index (κ3) is 4.79. The second-order valence-electron chi connectivity index (χ2n) is 6.36. The van der Waals surface area contributed by atoms with Gasteiger partial charge in [0.25, 0.3) is 0 Å². The summed E-state index contributed by atoms with van der Waals surface area (Å²) < 4.78 is 4.69. The lowest BCUT2D eigenvalue weighted by Crippen LogP contribution is -2.52. The van der Waals surface area contributed by atoms with Gasteiger partial charge in [-0.2, -0.15) is 0 Å². The highest BCUT2D eigenvalue weighted by molar-refractivity contribution is 5.90. The summed E-state index contributed by atoms with van der Waals surface area (Å²) in [6.07, 6.45) is 3.69. The van der Waals surface area contributed by atoms with E-state index in [1.165, 1.54) is 7.11 Å². The Balaban J connectivity index is 0.00000264. The molecule has 4 nitrogen and oxygen atoms in total. The van der Waals surface area contributed by atoms with Crippen molar-refractivity contribution in [2.75, 3.05) is 13.7 Å². The van der Waals surface area contributed by atoms with Gasteiger partial charge in [0.05, 0.1) is 18.2 Å². The maximum atomic E-state index is 12.6. The van der Waals surface area contributed by atoms with Gasteiger partial charge in [-0.15, -0.1) is 12.4 Å². The molecule has 0 saturated carbocycles. The SMILES string of the molecule is COC(=O)c1ccc([C@H](C)CC(=O)C2(C)CCCCN2)cc1.Cl. The number of methoxy groups -OCH3 is 1. The zero-order valence-corrected chi connectivity index (χ0v) is 14.9. The molecular formula is C18H26ClNO3. The molecule has 1 aliphatic rings. The Morgan fingerprint density at radius 2 is 1.91 bits per heavy atom. The molecule has 0 aromatic heterocycles. The number of hydrogen-bond acceptors (Lipinski definition) is 4. The normalized spacial score (nSPS) is 21.9. The Kier molecular flexibility index (Phi) is 7.23. The van der Waals surface area contributed by atoms with Crippen molar-refractivity contribution in [3.05, 3.63) is 35.4 Å². The second kappa shape index (κ2) is 8.46. The standard InChI is InChI=1S/C18H25NO3.ClH/c1-13(12-16(20)18(2)10-4-5-11-19-18)14-6-8-15(9-7-14)17(21)22-3;/h6-9,13,19H,4-5,10-12H2,1-3H3;1H/t13-,18?;/m1./s1. The Labute approximate surface area is 144 Å². The number of rotatable bonds is 5. The maximum absolute atomic E-state index is 12.6. The maximum Gasteiger partial charge on any atom is 0.337 e. The molecule has 1 fully saturated rings. The predicted octanol–water partition coefficient (Wildman–Crippen LogP) is 3.49. The molecule has 1 aliphatic heterocycles. The van der Waals surface area contributed by atoms with Crippen molar-refractivity contribution < 1.29 is 14.3 Å². The molecule has 0 bridgehead atoms. The van der Waals surface area contributed by atoms with Crippen molar-refractivity contribution in [3.8, 4) is 0 Å². The van der Waals surface area contributed by atoms with Gasteiger partial charge in [-0.3, -0.25) is 4.79 Å². The van der Waals surface area contributed by atoms with E-state index in [9.17, 15) is 9.59 Å². The molecule has 1 unspecified atom stereocenters. The number of esters is 1. The van der Waals surface area contributed by atoms with Crippen LogP contribution in [-0.2, 0) is 9.53 Å². The Bertz CT molecular complexity index is 536. The van der Waals surface area contributed by atoms with E-state index in [4.69, 9.17) is 4.74 Å². The number of piperidine rings is 1. The largest absolute Gasteiger partial charge is 0.465 e. The van der Waals surface area contributed by atoms with Crippen LogP contribution in [0.1, 0.15) is 61.4 Å². The zero-order chi connectivity index (χ0) is 16.2. The first-order valence-electron chi connectivity index (χ1n) is 7.93. The smallest absolute Gasteiger partial charge is 0.337 e. The number of carbonyl (C=O) groups is 2. The van der Waals surface area contributed by atoms with E-state index < -0.39 is 0 Å². The van der Waals surface area contributed by atoms with Crippen LogP contribution >= 0.6 is 12.4 Å². The first-order valence-corrected chi connectivity index (χ1v) is 7.93. The number of benzene rings is 1. The Morgan fingerprint density at radius 3 is 2.43 bits per heavy atom. The number of ether oxygens (including phenoxy) is 1. The van der Waals surface area contributed by atoms with Crippen molar-refractivity contribution in [2.24, 2.45) is 0 Å². The molecule has 2 atom stereocenters. The molecule has 2 rings (SSSR count). The molecule has 5 heteroatoms. The summed E-state index contributed by atoms with van der Waals surface area (Å²) in [5.74, 6) is 0.0747. The third-order valence-corrected chi connectivity index (χ3v) is 4.63. The average Bonchev–Trinajstić information content (AvgIpc) is 2.54. The van der Waals surface area contributed by atoms with Crippen LogP contribution in [0, 0.1) is 0 Å². The molecule has 23 heavy (non-hydrogen) atoms. The quantitative estimate of drug-likeness (QED) is 0.834. The highest BCUT2D eigenvalue weighted by Crippen LogP contribution is 2.27. The number of carbonyl (C=O) groups excluding carboxylic acids is 2. The first kappa shape index (κ1) is 19.7. The summed E-state index contributed by atoms with van der Waals surface area (Å²) in [7, 11) is 1.37. The van der Waals surface area contributed by atoms with Gasteiger partial charge in [0.1, 0.15) is 0 Å². The minimum atomic E-state index is -0.377. The van der Waals surface area contributed by atoms with Crippen LogP contribution in [-0.4, -0.2) is 30.9 Å². The van der Waals surface area contributed by atoms with Gasteiger partial charge in [0.15, 0.2) is 5.78 Å². The number of hydrogen-bond donors (Lipinski definition) is 1. The monoisotopic (exact) mass is 339 g/mol. The summed E-state index contributed by atoms with van der Waals surface area (Å²) in [6, 6.07) is 7.31. The molecule has 1 N–H and O–H groups in total. The van der Waals surface area contributed by atoms with Crippen molar-refractivity contribution in [2.45, 2.75) is 51.0 Å². The lowest BCUT2D eigenvalue weighted by atomic mass is 9.82. The Morgan fingerprint density at radius 1 is 1.26 bits per heavy atom. The topological polar surface area (TPSA) is 55.4 Å². The van der Waals surface area contributed by atoms with E-state index in [2.05, 4.69) is 12.2 Å². The minimum Gasteiger partial charge on any atom is -0.465 e. The van der Waals surface area contributed by atoms with Crippen molar-refractivity contribution in [3.63, 3.8) is 0 Å². The van der Waals surface area contributed by atoms with Gasteiger partial charge < -0.3 is 10.1 Å². The average molecular weight is 340 g/mol. The molecule has 1 aromatic rings. The summed E-state index contributed by atoms with van der Waals surface area (Å²) in [5, 5.41) is 3.37. The molecule has 0 spiro atoms. The van der Waals surface area contributed by atoms with Crippen molar-refractivity contribution >= 4 is 24.2 Å². The number of Topliss-reactive ketones (excluding diaryl/α,β-unsaturated/α-hetero) is 1. The highest BCUT2D eigenvalue weighted by Gasteiger charge is 2.34. The number of halogens is 1. The van der Waals surface area contributed by atoms with Crippen LogP contribution in [0.2, 0.25) is 0 Å². The molecule has 1 aromatic carbocycles. The van der Waals surface area contributed by atoms with Crippen LogP contribution in [0.15, 0.2) is 24.3 Å². The lowest BCUT2D eigenvalue weighted by molar-refractivity contribution is -0.126. The van der Waals surface area contributed by atoms with E-state index >= 15 is 0 Å². The van der Waals surface area contributed by atoms with Crippen LogP contribution in [0.4, 0.5) is 0 Å². The molecular weight excluding hydrogens is 314 g/mol. The third-order valence-electron chi connectivity index (χ3n) is 4.63. The fourth-order valence-corrected chi connectivity index (χ4v) is 2.98. The number of nitrogens with one attached hydrogen (secondary N) is 1. The summed E-state index contributed by atoms with van der Waals surface area (Å²) in [6.45, 7) is 4.99. The first-order chi connectivity index (χ1) is 10.5. The fraction of sp³-hybridized carbons (Fsp3) is 0.556. The van der Waals surface area contributed by atoms with E-state index in [1.54, 1.807) is 12.1 Å². The van der Waals surface area contributed by atoms with Crippen LogP contribution in [0.5, 0.6) is 0 Å². The Hall–Kier alpha value is -1.39. The van der Waals surface area contributed by atoms with Gasteiger partial charge in [0, 0.05) is 6.42 Å². The van der Waals surface area contributed by atoms with Crippen LogP contribution in [0.25, 0.3) is 0 Å². The molecule has 0 aliphatic carbocycles. The van der Waals surface area contributed by atoms with Gasteiger partial charge in [-0.05, 0) is 56.3 Å². The highest BCUT2D eigenvalue weighted by atomic mass is 35.5. The van der Waals surface area contributed by atoms with Gasteiger partial charge >= 0.3 is 5.97 Å². The summed E-state index contributed by atoms with van der Waals surface area (Å²) in [5.41, 5.74) is 1.23. The van der Waals surface area contributed by atoms with E-state index in [0.717, 1.165) is 31.4 Å². The summed E-state index contributed by atoms with van der Waals surface area (Å²) >= 11 is 0. The predicted molar refractivity (Wildman–Crippen MR) is 93.3 cm³/mol. The fourth-order valence-electron chi connectivity index (χ4n) is 2.98. The van der Waals surface area contributed by atoms with Crippen molar-refractivity contribution in [1.82, 2.24) is 5.32 Å². The second-order valence-corrected chi connectivity index (χ2v) is 6.36. The molecule has 0 amide bonds. The minimum absolute atomic E-state index is 0. The summed E-state index contributed by atoms with van der Waals surface area (Å²) in [4.78, 5) is 24.0. The van der Waals surface area contributed by atoms with E-state index in [-0.39, 0.29) is 35.6 Å². The molecule has 0 radical (unpaired) electrons. The van der Waals surface area contributed by atoms with Crippen LogP contribution < -0.4 is 5.32 Å². The van der Waals surface area contributed by atoms with Gasteiger partial charge in [-0.25, -0.2) is 4.79 Å². The number of ketones is 1. The molecule has 128 valence electrons. The lowest BCUT2D eigenvalue weighted by Gasteiger charge is -2.34. The van der Waals surface area contributed by atoms with E-state index in [1.807, 2.05) is 19.1 Å². The van der Waals surface area contributed by atoms with Crippen molar-refractivity contribution in [1.29, 1.82) is 0 Å². The van der Waals surface area contributed by atoms with Gasteiger partial charge in [0.2, 0.25) is 0 Å². The van der Waals surface area contributed by atoms with Gasteiger partial charge in [-0.1, -0.05) is 19.1 Å². The molecule has 1 saturated heterocycles. The zero-order valence-electron chi connectivity index (χ0n) is 14.1. The van der Waals surface area contributed by atoms with Crippen LogP contribution in [0.3, 0.4) is 0 Å².